The lowest BCUT2D eigenvalue weighted by Crippen LogP contribution is -1.87. The molecule has 0 bridgehead atoms. The third-order valence-corrected chi connectivity index (χ3v) is 2.87. The molecule has 2 N–H and O–H groups in total. The second-order valence-electron chi connectivity index (χ2n) is 3.80. The second kappa shape index (κ2) is 3.49. The molecule has 0 amide bonds. The van der Waals surface area contributed by atoms with Crippen molar-refractivity contribution in [3.05, 3.63) is 35.4 Å². The van der Waals surface area contributed by atoms with Crippen molar-refractivity contribution in [1.82, 2.24) is 19.7 Å². The summed E-state index contributed by atoms with van der Waals surface area (Å²) in [4.78, 5) is 4.18. The molecule has 3 aromatic heterocycles. The van der Waals surface area contributed by atoms with E-state index in [1.54, 1.807) is 29.2 Å². The van der Waals surface area contributed by atoms with Crippen LogP contribution in [0, 0.1) is 6.92 Å². The number of fused-ring (bicyclic) bond motifs is 1. The molecule has 17 heavy (non-hydrogen) atoms. The average molecular weight is 249 g/mol. The van der Waals surface area contributed by atoms with Gasteiger partial charge in [-0.3, -0.25) is 9.67 Å². The van der Waals surface area contributed by atoms with E-state index in [0.29, 0.717) is 16.1 Å². The van der Waals surface area contributed by atoms with Crippen LogP contribution in [0.15, 0.2) is 24.7 Å². The van der Waals surface area contributed by atoms with Crippen LogP contribution in [0.4, 0.5) is 0 Å². The number of aromatic hydroxyl groups is 1. The molecule has 0 radical (unpaired) electrons. The van der Waals surface area contributed by atoms with Gasteiger partial charge in [0.15, 0.2) is 0 Å². The van der Waals surface area contributed by atoms with Gasteiger partial charge in [0.1, 0.15) is 5.15 Å². The zero-order valence-corrected chi connectivity index (χ0v) is 9.73. The lowest BCUT2D eigenvalue weighted by atomic mass is 10.2. The van der Waals surface area contributed by atoms with Crippen molar-refractivity contribution in [3.8, 4) is 11.6 Å². The number of halogens is 1. The Kier molecular flexibility index (Phi) is 2.09. The Balaban J connectivity index is 2.36. The molecule has 0 aliphatic heterocycles. The first-order valence-electron chi connectivity index (χ1n) is 5.03. The SMILES string of the molecule is Cc1cc(Cl)nc2cn(-c3cn[nH]c3)c(O)c12. The first kappa shape index (κ1) is 10.2. The van der Waals surface area contributed by atoms with Crippen molar-refractivity contribution >= 4 is 22.5 Å². The molecule has 0 spiro atoms. The van der Waals surface area contributed by atoms with Gasteiger partial charge in [0.25, 0.3) is 0 Å². The molecule has 0 fully saturated rings. The highest BCUT2D eigenvalue weighted by molar-refractivity contribution is 6.30. The molecule has 3 aromatic rings. The van der Waals surface area contributed by atoms with E-state index in [1.165, 1.54) is 0 Å². The minimum atomic E-state index is 0.142. The van der Waals surface area contributed by atoms with Crippen LogP contribution in [-0.4, -0.2) is 24.9 Å². The molecule has 0 aliphatic carbocycles. The van der Waals surface area contributed by atoms with Crippen LogP contribution < -0.4 is 0 Å². The fourth-order valence-corrected chi connectivity index (χ4v) is 2.17. The number of hydrogen-bond donors (Lipinski definition) is 2. The monoisotopic (exact) mass is 248 g/mol. The number of aromatic amines is 1. The van der Waals surface area contributed by atoms with E-state index < -0.39 is 0 Å². The molecule has 0 aromatic carbocycles. The summed E-state index contributed by atoms with van der Waals surface area (Å²) in [7, 11) is 0. The van der Waals surface area contributed by atoms with Crippen LogP contribution in [0.2, 0.25) is 5.15 Å². The van der Waals surface area contributed by atoms with E-state index in [0.717, 1.165) is 11.3 Å². The van der Waals surface area contributed by atoms with Crippen LogP contribution >= 0.6 is 11.6 Å². The number of hydrogen-bond acceptors (Lipinski definition) is 3. The maximum atomic E-state index is 10.2. The zero-order chi connectivity index (χ0) is 12.0. The lowest BCUT2D eigenvalue weighted by Gasteiger charge is -2.00. The number of rotatable bonds is 1. The number of nitrogens with zero attached hydrogens (tertiary/aromatic N) is 3. The Morgan fingerprint density at radius 2 is 2.29 bits per heavy atom. The Morgan fingerprint density at radius 3 is 3.00 bits per heavy atom. The van der Waals surface area contributed by atoms with Crippen molar-refractivity contribution in [2.45, 2.75) is 6.92 Å². The molecule has 6 heteroatoms. The summed E-state index contributed by atoms with van der Waals surface area (Å²) in [6.45, 7) is 1.88. The Morgan fingerprint density at radius 1 is 1.47 bits per heavy atom. The number of pyridine rings is 1. The van der Waals surface area contributed by atoms with Gasteiger partial charge < -0.3 is 5.11 Å². The molecule has 0 aliphatic rings. The molecular weight excluding hydrogens is 240 g/mol. The molecule has 5 nitrogen and oxygen atoms in total. The minimum absolute atomic E-state index is 0.142. The Labute approximate surface area is 102 Å². The van der Waals surface area contributed by atoms with Crippen LogP contribution in [0.5, 0.6) is 5.88 Å². The third kappa shape index (κ3) is 1.47. The molecule has 86 valence electrons. The third-order valence-electron chi connectivity index (χ3n) is 2.68. The fourth-order valence-electron chi connectivity index (χ4n) is 1.92. The predicted molar refractivity (Wildman–Crippen MR) is 64.6 cm³/mol. The number of nitrogens with one attached hydrogen (secondary N) is 1. The highest BCUT2D eigenvalue weighted by atomic mass is 35.5. The molecule has 3 rings (SSSR count). The Bertz CT molecular complexity index is 687. The van der Waals surface area contributed by atoms with Gasteiger partial charge in [-0.25, -0.2) is 4.98 Å². The standard InChI is InChI=1S/C11H9ClN4O/c1-6-2-9(12)15-8-5-16(11(17)10(6)8)7-3-13-14-4-7/h2-5,17H,1H3,(H,13,14). The van der Waals surface area contributed by atoms with E-state index in [2.05, 4.69) is 15.2 Å². The van der Waals surface area contributed by atoms with Gasteiger partial charge in [0.05, 0.1) is 22.8 Å². The van der Waals surface area contributed by atoms with Crippen molar-refractivity contribution in [2.24, 2.45) is 0 Å². The van der Waals surface area contributed by atoms with Gasteiger partial charge in [-0.2, -0.15) is 5.10 Å². The summed E-state index contributed by atoms with van der Waals surface area (Å²) in [5.74, 6) is 0.142. The molecular formula is C11H9ClN4O. The smallest absolute Gasteiger partial charge is 0.205 e. The number of H-pyrrole nitrogens is 1. The predicted octanol–water partition coefficient (Wildman–Crippen LogP) is 2.42. The highest BCUT2D eigenvalue weighted by Crippen LogP contribution is 2.32. The Hall–Kier alpha value is -2.01. The topological polar surface area (TPSA) is 66.7 Å². The van der Waals surface area contributed by atoms with E-state index in [1.807, 2.05) is 6.92 Å². The molecule has 0 saturated heterocycles. The largest absolute Gasteiger partial charge is 0.494 e. The number of aryl methyl sites for hydroxylation is 1. The summed E-state index contributed by atoms with van der Waals surface area (Å²) < 4.78 is 1.62. The lowest BCUT2D eigenvalue weighted by molar-refractivity contribution is 0.448. The summed E-state index contributed by atoms with van der Waals surface area (Å²) in [5.41, 5.74) is 2.30. The summed E-state index contributed by atoms with van der Waals surface area (Å²) in [5, 5.41) is 17.8. The number of aromatic nitrogens is 4. The van der Waals surface area contributed by atoms with Gasteiger partial charge in [0.2, 0.25) is 5.88 Å². The summed E-state index contributed by atoms with van der Waals surface area (Å²) >= 11 is 5.89. The van der Waals surface area contributed by atoms with E-state index in [9.17, 15) is 5.11 Å². The minimum Gasteiger partial charge on any atom is -0.494 e. The van der Waals surface area contributed by atoms with Gasteiger partial charge in [-0.1, -0.05) is 11.6 Å². The molecule has 0 saturated carbocycles. The van der Waals surface area contributed by atoms with Crippen molar-refractivity contribution in [3.63, 3.8) is 0 Å². The quantitative estimate of drug-likeness (QED) is 0.650. The van der Waals surface area contributed by atoms with E-state index >= 15 is 0 Å². The van der Waals surface area contributed by atoms with Crippen LogP contribution in [-0.2, 0) is 0 Å². The normalized spacial score (nSPS) is 11.2. The fraction of sp³-hybridized carbons (Fsp3) is 0.0909. The summed E-state index contributed by atoms with van der Waals surface area (Å²) in [6.07, 6.45) is 5.04. The first-order chi connectivity index (χ1) is 8.16. The maximum absolute atomic E-state index is 10.2. The average Bonchev–Trinajstić information content (AvgIpc) is 2.85. The molecule has 3 heterocycles. The van der Waals surface area contributed by atoms with Gasteiger partial charge in [0, 0.05) is 12.4 Å². The summed E-state index contributed by atoms with van der Waals surface area (Å²) in [6, 6.07) is 1.73. The van der Waals surface area contributed by atoms with Gasteiger partial charge in [-0.05, 0) is 18.6 Å². The van der Waals surface area contributed by atoms with Crippen molar-refractivity contribution in [2.75, 3.05) is 0 Å². The zero-order valence-electron chi connectivity index (χ0n) is 8.98. The second-order valence-corrected chi connectivity index (χ2v) is 4.19. The van der Waals surface area contributed by atoms with Crippen molar-refractivity contribution < 1.29 is 5.11 Å². The first-order valence-corrected chi connectivity index (χ1v) is 5.41. The molecule has 0 atom stereocenters. The highest BCUT2D eigenvalue weighted by Gasteiger charge is 2.14. The molecule has 0 unspecified atom stereocenters. The van der Waals surface area contributed by atoms with Crippen LogP contribution in [0.1, 0.15) is 5.56 Å². The van der Waals surface area contributed by atoms with E-state index in [4.69, 9.17) is 11.6 Å². The van der Waals surface area contributed by atoms with Gasteiger partial charge in [-0.15, -0.1) is 0 Å². The van der Waals surface area contributed by atoms with Crippen LogP contribution in [0.25, 0.3) is 16.6 Å². The van der Waals surface area contributed by atoms with Crippen molar-refractivity contribution in [1.29, 1.82) is 0 Å². The van der Waals surface area contributed by atoms with Gasteiger partial charge >= 0.3 is 0 Å². The van der Waals surface area contributed by atoms with Crippen LogP contribution in [0.3, 0.4) is 0 Å². The maximum Gasteiger partial charge on any atom is 0.205 e. The van der Waals surface area contributed by atoms with E-state index in [-0.39, 0.29) is 5.88 Å².